The molecule has 1 aromatic rings. The minimum absolute atomic E-state index is 0.138. The molecule has 1 heterocycles. The van der Waals surface area contributed by atoms with Crippen molar-refractivity contribution in [1.82, 2.24) is 5.32 Å². The fourth-order valence-electron chi connectivity index (χ4n) is 2.71. The predicted octanol–water partition coefficient (Wildman–Crippen LogP) is 3.62. The molecule has 1 saturated heterocycles. The van der Waals surface area contributed by atoms with Gasteiger partial charge in [0.2, 0.25) is 0 Å². The third-order valence-corrected chi connectivity index (χ3v) is 3.99. The van der Waals surface area contributed by atoms with Gasteiger partial charge in [-0.1, -0.05) is 39.0 Å². The topological polar surface area (TPSA) is 29.1 Å². The number of nitrogens with one attached hydrogen (secondary N) is 1. The highest BCUT2D eigenvalue weighted by Crippen LogP contribution is 2.25. The summed E-state index contributed by atoms with van der Waals surface area (Å²) in [6, 6.07) is 6.65. The lowest BCUT2D eigenvalue weighted by Gasteiger charge is -2.20. The zero-order valence-corrected chi connectivity index (χ0v) is 12.5. The van der Waals surface area contributed by atoms with Crippen molar-refractivity contribution in [3.05, 3.63) is 34.9 Å². The molecule has 1 aromatic carbocycles. The average molecular weight is 259 g/mol. The Hall–Kier alpha value is -1.15. The van der Waals surface area contributed by atoms with Gasteiger partial charge in [-0.25, -0.2) is 0 Å². The zero-order chi connectivity index (χ0) is 14.0. The summed E-state index contributed by atoms with van der Waals surface area (Å²) in [6.45, 7) is 9.70. The Morgan fingerprint density at radius 1 is 1.37 bits per heavy atom. The van der Waals surface area contributed by atoms with Crippen molar-refractivity contribution in [3.63, 3.8) is 0 Å². The number of benzene rings is 1. The van der Waals surface area contributed by atoms with E-state index in [0.717, 1.165) is 24.1 Å². The van der Waals surface area contributed by atoms with Crippen molar-refractivity contribution in [2.75, 3.05) is 6.54 Å². The molecule has 1 atom stereocenters. The Morgan fingerprint density at radius 2 is 2.11 bits per heavy atom. The van der Waals surface area contributed by atoms with Crippen LogP contribution in [-0.4, -0.2) is 18.4 Å². The quantitative estimate of drug-likeness (QED) is 0.840. The number of rotatable bonds is 3. The van der Waals surface area contributed by atoms with Gasteiger partial charge in [-0.3, -0.25) is 4.79 Å². The maximum Gasteiger partial charge on any atom is 0.164 e. The summed E-state index contributed by atoms with van der Waals surface area (Å²) >= 11 is 0. The van der Waals surface area contributed by atoms with Gasteiger partial charge < -0.3 is 5.32 Å². The molecular formula is C17H25NO. The monoisotopic (exact) mass is 259 g/mol. The fraction of sp³-hybridized carbons (Fsp3) is 0.588. The third kappa shape index (κ3) is 3.44. The Bertz CT molecular complexity index is 465. The molecule has 1 unspecified atom stereocenters. The minimum Gasteiger partial charge on any atom is -0.314 e. The summed E-state index contributed by atoms with van der Waals surface area (Å²) < 4.78 is 0. The molecule has 2 rings (SSSR count). The number of hydrogen-bond donors (Lipinski definition) is 1. The molecule has 0 spiro atoms. The summed E-state index contributed by atoms with van der Waals surface area (Å²) in [5.41, 5.74) is 3.43. The molecule has 0 bridgehead atoms. The van der Waals surface area contributed by atoms with E-state index in [1.807, 2.05) is 13.0 Å². The molecule has 1 N–H and O–H groups in total. The molecule has 1 aliphatic rings. The predicted molar refractivity (Wildman–Crippen MR) is 79.9 cm³/mol. The van der Waals surface area contributed by atoms with Crippen LogP contribution in [0, 0.1) is 6.92 Å². The summed E-state index contributed by atoms with van der Waals surface area (Å²) in [5.74, 6) is 0.275. The van der Waals surface area contributed by atoms with Gasteiger partial charge in [-0.15, -0.1) is 0 Å². The highest BCUT2D eigenvalue weighted by atomic mass is 16.1. The molecule has 1 fully saturated rings. The number of aryl methyl sites for hydroxylation is 1. The molecular weight excluding hydrogens is 234 g/mol. The van der Waals surface area contributed by atoms with Gasteiger partial charge in [-0.2, -0.15) is 0 Å². The van der Waals surface area contributed by atoms with Crippen LogP contribution in [-0.2, 0) is 5.41 Å². The van der Waals surface area contributed by atoms with E-state index in [1.54, 1.807) is 0 Å². The SMILES string of the molecule is Cc1cc(C(C)(C)C)ccc1C(=O)CC1CCCN1. The first-order valence-corrected chi connectivity index (χ1v) is 7.25. The second-order valence-electron chi connectivity index (χ2n) is 6.70. The van der Waals surface area contributed by atoms with E-state index in [9.17, 15) is 4.79 Å². The Morgan fingerprint density at radius 3 is 2.63 bits per heavy atom. The lowest BCUT2D eigenvalue weighted by molar-refractivity contribution is 0.0971. The van der Waals surface area contributed by atoms with E-state index in [-0.39, 0.29) is 11.2 Å². The molecule has 0 amide bonds. The Kier molecular flexibility index (Phi) is 4.10. The molecule has 2 nitrogen and oxygen atoms in total. The first-order valence-electron chi connectivity index (χ1n) is 7.25. The number of ketones is 1. The van der Waals surface area contributed by atoms with Crippen LogP contribution in [0.2, 0.25) is 0 Å². The second kappa shape index (κ2) is 5.46. The van der Waals surface area contributed by atoms with Gasteiger partial charge in [0.1, 0.15) is 0 Å². The first kappa shape index (κ1) is 14.3. The normalized spacial score (nSPS) is 19.7. The van der Waals surface area contributed by atoms with Gasteiger partial charge in [-0.05, 0) is 42.9 Å². The number of Topliss-reactive ketones (excluding diaryl/α,β-unsaturated/α-hetero) is 1. The van der Waals surface area contributed by atoms with E-state index in [1.165, 1.54) is 12.0 Å². The van der Waals surface area contributed by atoms with Crippen LogP contribution in [0.4, 0.5) is 0 Å². The number of carbonyl (C=O) groups is 1. The zero-order valence-electron chi connectivity index (χ0n) is 12.5. The molecule has 0 saturated carbocycles. The average Bonchev–Trinajstić information content (AvgIpc) is 2.80. The van der Waals surface area contributed by atoms with Crippen LogP contribution >= 0.6 is 0 Å². The van der Waals surface area contributed by atoms with Gasteiger partial charge in [0.05, 0.1) is 0 Å². The lowest BCUT2D eigenvalue weighted by atomic mass is 9.84. The van der Waals surface area contributed by atoms with Gasteiger partial charge in [0, 0.05) is 18.0 Å². The molecule has 104 valence electrons. The summed E-state index contributed by atoms with van der Waals surface area (Å²) in [7, 11) is 0. The Balaban J connectivity index is 2.14. The van der Waals surface area contributed by atoms with Crippen molar-refractivity contribution >= 4 is 5.78 Å². The van der Waals surface area contributed by atoms with Gasteiger partial charge >= 0.3 is 0 Å². The van der Waals surface area contributed by atoms with Crippen molar-refractivity contribution in [2.24, 2.45) is 0 Å². The second-order valence-corrected chi connectivity index (χ2v) is 6.70. The molecule has 1 aliphatic heterocycles. The van der Waals surface area contributed by atoms with E-state index in [4.69, 9.17) is 0 Å². The fourth-order valence-corrected chi connectivity index (χ4v) is 2.71. The highest BCUT2D eigenvalue weighted by Gasteiger charge is 2.21. The van der Waals surface area contributed by atoms with Crippen LogP contribution in [0.1, 0.15) is 61.5 Å². The van der Waals surface area contributed by atoms with Crippen LogP contribution in [0.15, 0.2) is 18.2 Å². The number of hydrogen-bond acceptors (Lipinski definition) is 2. The first-order chi connectivity index (χ1) is 8.88. The minimum atomic E-state index is 0.138. The van der Waals surface area contributed by atoms with Gasteiger partial charge in [0.25, 0.3) is 0 Å². The molecule has 0 radical (unpaired) electrons. The van der Waals surface area contributed by atoms with Crippen molar-refractivity contribution < 1.29 is 4.79 Å². The van der Waals surface area contributed by atoms with E-state index >= 15 is 0 Å². The van der Waals surface area contributed by atoms with Crippen molar-refractivity contribution in [3.8, 4) is 0 Å². The highest BCUT2D eigenvalue weighted by molar-refractivity contribution is 5.97. The molecule has 0 aliphatic carbocycles. The standard InChI is InChI=1S/C17H25NO/c1-12-10-13(17(2,3)4)7-8-15(12)16(19)11-14-6-5-9-18-14/h7-8,10,14,18H,5-6,9,11H2,1-4H3. The lowest BCUT2D eigenvalue weighted by Crippen LogP contribution is -2.25. The Labute approximate surface area is 116 Å². The summed E-state index contributed by atoms with van der Waals surface area (Å²) in [5, 5.41) is 3.39. The van der Waals surface area contributed by atoms with E-state index in [2.05, 4.69) is 38.2 Å². The maximum absolute atomic E-state index is 12.3. The van der Waals surface area contributed by atoms with Crippen LogP contribution in [0.5, 0.6) is 0 Å². The van der Waals surface area contributed by atoms with Crippen LogP contribution in [0.25, 0.3) is 0 Å². The molecule has 0 aromatic heterocycles. The summed E-state index contributed by atoms with van der Waals surface area (Å²) in [6.07, 6.45) is 2.96. The smallest absolute Gasteiger partial charge is 0.164 e. The van der Waals surface area contributed by atoms with Gasteiger partial charge in [0.15, 0.2) is 5.78 Å². The maximum atomic E-state index is 12.3. The molecule has 2 heteroatoms. The van der Waals surface area contributed by atoms with Crippen molar-refractivity contribution in [2.45, 2.75) is 58.4 Å². The van der Waals surface area contributed by atoms with Crippen molar-refractivity contribution in [1.29, 1.82) is 0 Å². The van der Waals surface area contributed by atoms with Crippen LogP contribution < -0.4 is 5.32 Å². The van der Waals surface area contributed by atoms with E-state index in [0.29, 0.717) is 12.5 Å². The number of carbonyl (C=O) groups excluding carboxylic acids is 1. The third-order valence-electron chi connectivity index (χ3n) is 3.99. The summed E-state index contributed by atoms with van der Waals surface area (Å²) in [4.78, 5) is 12.3. The van der Waals surface area contributed by atoms with Crippen LogP contribution in [0.3, 0.4) is 0 Å². The van der Waals surface area contributed by atoms with E-state index < -0.39 is 0 Å². The largest absolute Gasteiger partial charge is 0.314 e. The molecule has 19 heavy (non-hydrogen) atoms.